The van der Waals surface area contributed by atoms with Crippen LogP contribution in [0.25, 0.3) is 10.9 Å². The van der Waals surface area contributed by atoms with E-state index in [-0.39, 0.29) is 11.4 Å². The summed E-state index contributed by atoms with van der Waals surface area (Å²) in [4.78, 5) is 25.4. The van der Waals surface area contributed by atoms with Crippen LogP contribution in [0.1, 0.15) is 15.9 Å². The summed E-state index contributed by atoms with van der Waals surface area (Å²) in [7, 11) is 1.50. The summed E-state index contributed by atoms with van der Waals surface area (Å²) in [5.41, 5.74) is 1.80. The van der Waals surface area contributed by atoms with Gasteiger partial charge >= 0.3 is 0 Å². The van der Waals surface area contributed by atoms with Crippen LogP contribution < -0.4 is 10.1 Å². The molecule has 0 atom stereocenters. The number of rotatable bonds is 6. The minimum Gasteiger partial charge on any atom is -0.496 e. The number of aromatic nitrogens is 3. The van der Waals surface area contributed by atoms with Gasteiger partial charge in [0.1, 0.15) is 17.4 Å². The van der Waals surface area contributed by atoms with Crippen molar-refractivity contribution in [2.45, 2.75) is 6.54 Å². The molecule has 2 heterocycles. The van der Waals surface area contributed by atoms with Crippen LogP contribution in [0, 0.1) is 5.82 Å². The van der Waals surface area contributed by atoms with Gasteiger partial charge in [0, 0.05) is 18.8 Å². The van der Waals surface area contributed by atoms with E-state index in [0.29, 0.717) is 23.5 Å². The molecule has 0 saturated carbocycles. The van der Waals surface area contributed by atoms with E-state index in [9.17, 15) is 14.0 Å². The van der Waals surface area contributed by atoms with E-state index in [0.717, 1.165) is 11.1 Å². The van der Waals surface area contributed by atoms with Gasteiger partial charge in [0.15, 0.2) is 0 Å². The second kappa shape index (κ2) is 7.59. The van der Waals surface area contributed by atoms with Crippen molar-refractivity contribution in [2.75, 3.05) is 12.4 Å². The van der Waals surface area contributed by atoms with Gasteiger partial charge in [0.25, 0.3) is 11.7 Å². The number of carbonyl (C=O) groups is 2. The smallest absolute Gasteiger partial charge is 0.297 e. The summed E-state index contributed by atoms with van der Waals surface area (Å²) in [6.45, 7) is 0.402. The van der Waals surface area contributed by atoms with E-state index in [1.807, 2.05) is 10.6 Å². The Balaban J connectivity index is 1.75. The zero-order valence-electron chi connectivity index (χ0n) is 15.5. The van der Waals surface area contributed by atoms with Crippen molar-refractivity contribution >= 4 is 28.4 Å². The molecule has 1 amide bonds. The van der Waals surface area contributed by atoms with Gasteiger partial charge in [0.05, 0.1) is 29.8 Å². The number of anilines is 1. The largest absolute Gasteiger partial charge is 0.496 e. The summed E-state index contributed by atoms with van der Waals surface area (Å²) < 4.78 is 20.5. The standard InChI is InChI=1S/C21H17FN4O3/c1-29-17-4-2-3-16-19(17)15(20(27)21(28)24-18-9-10-23-25-18)12-26(16)11-13-5-7-14(22)8-6-13/h2-10,12H,11H2,1H3,(H2,23,24,25,28). The third-order valence-electron chi connectivity index (χ3n) is 4.55. The number of hydrogen-bond acceptors (Lipinski definition) is 4. The lowest BCUT2D eigenvalue weighted by atomic mass is 10.1. The molecule has 146 valence electrons. The van der Waals surface area contributed by atoms with Gasteiger partial charge in [-0.3, -0.25) is 14.7 Å². The van der Waals surface area contributed by atoms with Gasteiger partial charge in [-0.05, 0) is 29.8 Å². The summed E-state index contributed by atoms with van der Waals surface area (Å²) in [5, 5.41) is 9.35. The number of fused-ring (bicyclic) bond motifs is 1. The average molecular weight is 392 g/mol. The molecule has 0 aliphatic rings. The Bertz CT molecular complexity index is 1180. The maximum atomic E-state index is 13.2. The molecule has 7 nitrogen and oxygen atoms in total. The number of carbonyl (C=O) groups excluding carboxylic acids is 2. The Morgan fingerprint density at radius 2 is 1.97 bits per heavy atom. The number of H-pyrrole nitrogens is 1. The number of ether oxygens (including phenoxy) is 1. The quantitative estimate of drug-likeness (QED) is 0.389. The SMILES string of the molecule is COc1cccc2c1c(C(=O)C(=O)Nc1ccn[nH]1)cn2Cc1ccc(F)cc1. The lowest BCUT2D eigenvalue weighted by molar-refractivity contribution is -0.112. The third-order valence-corrected chi connectivity index (χ3v) is 4.55. The first-order chi connectivity index (χ1) is 14.1. The molecule has 29 heavy (non-hydrogen) atoms. The number of methoxy groups -OCH3 is 1. The fourth-order valence-corrected chi connectivity index (χ4v) is 3.21. The van der Waals surface area contributed by atoms with Crippen molar-refractivity contribution in [3.63, 3.8) is 0 Å². The van der Waals surface area contributed by atoms with E-state index in [2.05, 4.69) is 15.5 Å². The minimum absolute atomic E-state index is 0.219. The number of hydrogen-bond donors (Lipinski definition) is 2. The highest BCUT2D eigenvalue weighted by Crippen LogP contribution is 2.31. The first kappa shape index (κ1) is 18.4. The highest BCUT2D eigenvalue weighted by atomic mass is 19.1. The highest BCUT2D eigenvalue weighted by molar-refractivity contribution is 6.48. The Labute approximate surface area is 165 Å². The van der Waals surface area contributed by atoms with Gasteiger partial charge < -0.3 is 14.6 Å². The number of amides is 1. The van der Waals surface area contributed by atoms with Crippen LogP contribution in [0.5, 0.6) is 5.75 Å². The predicted octanol–water partition coefficient (Wildman–Crippen LogP) is 3.38. The van der Waals surface area contributed by atoms with Crippen LogP contribution in [0.2, 0.25) is 0 Å². The van der Waals surface area contributed by atoms with Gasteiger partial charge in [0.2, 0.25) is 0 Å². The molecule has 0 radical (unpaired) electrons. The molecule has 0 aliphatic heterocycles. The molecule has 8 heteroatoms. The topological polar surface area (TPSA) is 89.0 Å². The fourth-order valence-electron chi connectivity index (χ4n) is 3.21. The Morgan fingerprint density at radius 3 is 2.66 bits per heavy atom. The molecule has 0 aliphatic carbocycles. The molecule has 0 saturated heterocycles. The molecule has 0 bridgehead atoms. The lowest BCUT2D eigenvalue weighted by Crippen LogP contribution is -2.23. The predicted molar refractivity (Wildman–Crippen MR) is 106 cm³/mol. The van der Waals surface area contributed by atoms with Crippen LogP contribution >= 0.6 is 0 Å². The first-order valence-electron chi connectivity index (χ1n) is 8.82. The van der Waals surface area contributed by atoms with Crippen molar-refractivity contribution < 1.29 is 18.7 Å². The summed E-state index contributed by atoms with van der Waals surface area (Å²) in [5.74, 6) is -1.00. The molecule has 0 spiro atoms. The molecule has 2 N–H and O–H groups in total. The Morgan fingerprint density at radius 1 is 1.17 bits per heavy atom. The minimum atomic E-state index is -0.791. The number of nitrogens with one attached hydrogen (secondary N) is 2. The second-order valence-electron chi connectivity index (χ2n) is 6.41. The molecular formula is C21H17FN4O3. The van der Waals surface area contributed by atoms with E-state index < -0.39 is 11.7 Å². The average Bonchev–Trinajstić information content (AvgIpc) is 3.37. The van der Waals surface area contributed by atoms with Gasteiger partial charge in [-0.1, -0.05) is 18.2 Å². The maximum Gasteiger partial charge on any atom is 0.297 e. The van der Waals surface area contributed by atoms with Crippen molar-refractivity contribution in [3.8, 4) is 5.75 Å². The van der Waals surface area contributed by atoms with E-state index in [1.54, 1.807) is 36.5 Å². The van der Waals surface area contributed by atoms with E-state index in [4.69, 9.17) is 4.74 Å². The molecule has 0 fully saturated rings. The van der Waals surface area contributed by atoms with Gasteiger partial charge in [-0.2, -0.15) is 5.10 Å². The van der Waals surface area contributed by atoms with Crippen LogP contribution in [-0.4, -0.2) is 33.6 Å². The zero-order chi connectivity index (χ0) is 20.4. The van der Waals surface area contributed by atoms with Crippen LogP contribution in [0.3, 0.4) is 0 Å². The summed E-state index contributed by atoms with van der Waals surface area (Å²) >= 11 is 0. The molecule has 2 aromatic heterocycles. The van der Waals surface area contributed by atoms with Crippen LogP contribution in [0.15, 0.2) is 60.9 Å². The molecule has 0 unspecified atom stereocenters. The highest BCUT2D eigenvalue weighted by Gasteiger charge is 2.24. The number of nitrogens with zero attached hydrogens (tertiary/aromatic N) is 2. The molecular weight excluding hydrogens is 375 g/mol. The fraction of sp³-hybridized carbons (Fsp3) is 0.0952. The van der Waals surface area contributed by atoms with E-state index >= 15 is 0 Å². The normalized spacial score (nSPS) is 10.8. The van der Waals surface area contributed by atoms with E-state index in [1.165, 1.54) is 25.4 Å². The monoisotopic (exact) mass is 392 g/mol. The number of benzene rings is 2. The van der Waals surface area contributed by atoms with Crippen LogP contribution in [-0.2, 0) is 11.3 Å². The summed E-state index contributed by atoms with van der Waals surface area (Å²) in [6, 6.07) is 13.0. The number of halogens is 1. The molecule has 2 aromatic carbocycles. The second-order valence-corrected chi connectivity index (χ2v) is 6.41. The summed E-state index contributed by atoms with van der Waals surface area (Å²) in [6.07, 6.45) is 3.09. The van der Waals surface area contributed by atoms with Crippen molar-refractivity contribution in [1.29, 1.82) is 0 Å². The third kappa shape index (κ3) is 3.60. The van der Waals surface area contributed by atoms with Gasteiger partial charge in [-0.15, -0.1) is 0 Å². The number of aromatic amines is 1. The van der Waals surface area contributed by atoms with Crippen molar-refractivity contribution in [1.82, 2.24) is 14.8 Å². The van der Waals surface area contributed by atoms with Crippen LogP contribution in [0.4, 0.5) is 10.2 Å². The van der Waals surface area contributed by atoms with Crippen molar-refractivity contribution in [3.05, 3.63) is 77.9 Å². The maximum absolute atomic E-state index is 13.2. The lowest BCUT2D eigenvalue weighted by Gasteiger charge is -2.07. The van der Waals surface area contributed by atoms with Gasteiger partial charge in [-0.25, -0.2) is 4.39 Å². The van der Waals surface area contributed by atoms with Crippen molar-refractivity contribution in [2.24, 2.45) is 0 Å². The number of ketones is 1. The molecule has 4 aromatic rings. The zero-order valence-corrected chi connectivity index (χ0v) is 15.5. The molecule has 4 rings (SSSR count). The number of Topliss-reactive ketones (excluding diaryl/α,β-unsaturated/α-hetero) is 1. The first-order valence-corrected chi connectivity index (χ1v) is 8.82. The Hall–Kier alpha value is -3.94. The Kier molecular flexibility index (Phi) is 4.82.